The Morgan fingerprint density at radius 2 is 2.33 bits per heavy atom. The highest BCUT2D eigenvalue weighted by atomic mass is 16.4. The molecule has 0 unspecified atom stereocenters. The molecule has 1 aliphatic rings. The summed E-state index contributed by atoms with van der Waals surface area (Å²) in [6.07, 6.45) is 5.55. The van der Waals surface area contributed by atoms with E-state index in [4.69, 9.17) is 11.5 Å². The summed E-state index contributed by atoms with van der Waals surface area (Å²) in [5.74, 6) is 2.39. The highest BCUT2D eigenvalue weighted by molar-refractivity contribution is 5.67. The summed E-state index contributed by atoms with van der Waals surface area (Å²) in [6, 6.07) is 0. The summed E-state index contributed by atoms with van der Waals surface area (Å²) in [7, 11) is 0. The maximum atomic E-state index is 10.0. The SMILES string of the molecule is C#CC1(NC(=O)O)CC1. The van der Waals surface area contributed by atoms with Crippen molar-refractivity contribution in [2.45, 2.75) is 18.4 Å². The molecule has 0 aromatic heterocycles. The second kappa shape index (κ2) is 1.66. The van der Waals surface area contributed by atoms with E-state index in [0.29, 0.717) is 0 Å². The van der Waals surface area contributed by atoms with Gasteiger partial charge < -0.3 is 10.4 Å². The largest absolute Gasteiger partial charge is 0.465 e. The van der Waals surface area contributed by atoms with Gasteiger partial charge in [0.25, 0.3) is 0 Å². The molecule has 0 saturated heterocycles. The van der Waals surface area contributed by atoms with Gasteiger partial charge in [-0.05, 0) is 12.8 Å². The first kappa shape index (κ1) is 5.96. The Labute approximate surface area is 53.1 Å². The van der Waals surface area contributed by atoms with Crippen molar-refractivity contribution in [1.29, 1.82) is 0 Å². The van der Waals surface area contributed by atoms with Gasteiger partial charge >= 0.3 is 6.09 Å². The zero-order valence-corrected chi connectivity index (χ0v) is 4.85. The van der Waals surface area contributed by atoms with Gasteiger partial charge in [-0.25, -0.2) is 4.79 Å². The number of carboxylic acid groups (broad SMARTS) is 1. The van der Waals surface area contributed by atoms with Gasteiger partial charge in [0.2, 0.25) is 0 Å². The number of nitrogens with one attached hydrogen (secondary N) is 1. The summed E-state index contributed by atoms with van der Waals surface area (Å²) in [6.45, 7) is 0. The Balaban J connectivity index is 2.45. The molecule has 3 heteroatoms. The summed E-state index contributed by atoms with van der Waals surface area (Å²) >= 11 is 0. The lowest BCUT2D eigenvalue weighted by atomic mass is 10.3. The van der Waals surface area contributed by atoms with E-state index < -0.39 is 11.6 Å². The van der Waals surface area contributed by atoms with Gasteiger partial charge in [-0.15, -0.1) is 6.42 Å². The van der Waals surface area contributed by atoms with Gasteiger partial charge in [0.05, 0.1) is 0 Å². The van der Waals surface area contributed by atoms with Crippen molar-refractivity contribution in [2.75, 3.05) is 0 Å². The van der Waals surface area contributed by atoms with E-state index in [1.807, 2.05) is 0 Å². The Hall–Kier alpha value is -1.17. The van der Waals surface area contributed by atoms with E-state index in [2.05, 4.69) is 11.2 Å². The van der Waals surface area contributed by atoms with Crippen molar-refractivity contribution in [3.05, 3.63) is 0 Å². The monoisotopic (exact) mass is 125 g/mol. The first-order valence-corrected chi connectivity index (χ1v) is 2.67. The van der Waals surface area contributed by atoms with Crippen LogP contribution in [-0.4, -0.2) is 16.7 Å². The highest BCUT2D eigenvalue weighted by Crippen LogP contribution is 2.33. The smallest absolute Gasteiger partial charge is 0.405 e. The minimum atomic E-state index is -1.04. The molecule has 9 heavy (non-hydrogen) atoms. The fourth-order valence-electron chi connectivity index (χ4n) is 0.635. The minimum Gasteiger partial charge on any atom is -0.465 e. The summed E-state index contributed by atoms with van der Waals surface area (Å²) in [4.78, 5) is 10.0. The van der Waals surface area contributed by atoms with Crippen LogP contribution >= 0.6 is 0 Å². The van der Waals surface area contributed by atoms with E-state index in [-0.39, 0.29) is 0 Å². The number of amides is 1. The molecule has 48 valence electrons. The fraction of sp³-hybridized carbons (Fsp3) is 0.500. The van der Waals surface area contributed by atoms with Crippen molar-refractivity contribution in [3.8, 4) is 12.3 Å². The quantitative estimate of drug-likeness (QED) is 0.499. The third-order valence-corrected chi connectivity index (χ3v) is 1.37. The van der Waals surface area contributed by atoms with Crippen LogP contribution in [0.2, 0.25) is 0 Å². The van der Waals surface area contributed by atoms with E-state index >= 15 is 0 Å². The van der Waals surface area contributed by atoms with Crippen LogP contribution in [0.5, 0.6) is 0 Å². The van der Waals surface area contributed by atoms with Gasteiger partial charge in [0, 0.05) is 0 Å². The molecule has 1 aliphatic carbocycles. The van der Waals surface area contributed by atoms with Crippen LogP contribution < -0.4 is 5.32 Å². The van der Waals surface area contributed by atoms with Gasteiger partial charge in [0.1, 0.15) is 5.54 Å². The molecule has 0 radical (unpaired) electrons. The average molecular weight is 125 g/mol. The van der Waals surface area contributed by atoms with Crippen LogP contribution in [0.15, 0.2) is 0 Å². The molecule has 1 amide bonds. The standard InChI is InChI=1S/C6H7NO2/c1-2-6(3-4-6)7-5(8)9/h1,7H,3-4H2,(H,8,9). The first-order valence-electron chi connectivity index (χ1n) is 2.67. The number of hydrogen-bond donors (Lipinski definition) is 2. The fourth-order valence-corrected chi connectivity index (χ4v) is 0.635. The Morgan fingerprint density at radius 3 is 2.44 bits per heavy atom. The predicted molar refractivity (Wildman–Crippen MR) is 32.0 cm³/mol. The normalized spacial score (nSPS) is 19.9. The Morgan fingerprint density at radius 1 is 1.78 bits per heavy atom. The van der Waals surface area contributed by atoms with Gasteiger partial charge in [-0.3, -0.25) is 0 Å². The highest BCUT2D eigenvalue weighted by Gasteiger charge is 2.42. The van der Waals surface area contributed by atoms with E-state index in [0.717, 1.165) is 12.8 Å². The van der Waals surface area contributed by atoms with Gasteiger partial charge in [-0.2, -0.15) is 0 Å². The van der Waals surface area contributed by atoms with Crippen LogP contribution in [-0.2, 0) is 0 Å². The zero-order valence-electron chi connectivity index (χ0n) is 4.85. The molecule has 0 aromatic rings. The molecular weight excluding hydrogens is 118 g/mol. The summed E-state index contributed by atoms with van der Waals surface area (Å²) in [5, 5.41) is 10.5. The van der Waals surface area contributed by atoms with Crippen molar-refractivity contribution in [3.63, 3.8) is 0 Å². The van der Waals surface area contributed by atoms with E-state index in [1.54, 1.807) is 0 Å². The average Bonchev–Trinajstić information content (AvgIpc) is 2.48. The van der Waals surface area contributed by atoms with Gasteiger partial charge in [-0.1, -0.05) is 5.92 Å². The summed E-state index contributed by atoms with van der Waals surface area (Å²) in [5.41, 5.74) is -0.508. The lowest BCUT2D eigenvalue weighted by Crippen LogP contribution is -2.34. The second-order valence-electron chi connectivity index (χ2n) is 2.16. The molecule has 1 saturated carbocycles. The van der Waals surface area contributed by atoms with E-state index in [9.17, 15) is 4.79 Å². The molecule has 0 bridgehead atoms. The Kier molecular flexibility index (Phi) is 1.10. The van der Waals surface area contributed by atoms with Crippen molar-refractivity contribution < 1.29 is 9.90 Å². The van der Waals surface area contributed by atoms with Crippen LogP contribution in [0.4, 0.5) is 4.79 Å². The lowest BCUT2D eigenvalue weighted by Gasteiger charge is -2.04. The first-order chi connectivity index (χ1) is 4.18. The molecule has 3 nitrogen and oxygen atoms in total. The maximum absolute atomic E-state index is 10.0. The number of rotatable bonds is 1. The van der Waals surface area contributed by atoms with Crippen LogP contribution in [0.3, 0.4) is 0 Å². The maximum Gasteiger partial charge on any atom is 0.405 e. The van der Waals surface area contributed by atoms with Crippen LogP contribution in [0.25, 0.3) is 0 Å². The third kappa shape index (κ3) is 1.14. The molecule has 0 atom stereocenters. The molecule has 0 aromatic carbocycles. The molecule has 0 aliphatic heterocycles. The third-order valence-electron chi connectivity index (χ3n) is 1.37. The second-order valence-corrected chi connectivity index (χ2v) is 2.16. The van der Waals surface area contributed by atoms with Crippen LogP contribution in [0, 0.1) is 12.3 Å². The summed E-state index contributed by atoms with van der Waals surface area (Å²) < 4.78 is 0. The minimum absolute atomic E-state index is 0.508. The van der Waals surface area contributed by atoms with E-state index in [1.165, 1.54) is 0 Å². The van der Waals surface area contributed by atoms with Crippen molar-refractivity contribution in [1.82, 2.24) is 5.32 Å². The molecule has 0 spiro atoms. The molecule has 2 N–H and O–H groups in total. The Bertz CT molecular complexity index is 176. The molecule has 1 rings (SSSR count). The zero-order chi connectivity index (χ0) is 6.91. The molecule has 0 heterocycles. The number of carbonyl (C=O) groups is 1. The number of terminal acetylenes is 1. The topological polar surface area (TPSA) is 49.3 Å². The van der Waals surface area contributed by atoms with Crippen molar-refractivity contribution in [2.24, 2.45) is 0 Å². The lowest BCUT2D eigenvalue weighted by molar-refractivity contribution is 0.191. The predicted octanol–water partition coefficient (Wildman–Crippen LogP) is 0.420. The van der Waals surface area contributed by atoms with Crippen LogP contribution in [0.1, 0.15) is 12.8 Å². The molecular formula is C6H7NO2. The number of hydrogen-bond acceptors (Lipinski definition) is 1. The van der Waals surface area contributed by atoms with Crippen molar-refractivity contribution >= 4 is 6.09 Å². The van der Waals surface area contributed by atoms with Gasteiger partial charge in [0.15, 0.2) is 0 Å². The molecule has 1 fully saturated rings.